The summed E-state index contributed by atoms with van der Waals surface area (Å²) in [6, 6.07) is 25.7. The van der Waals surface area contributed by atoms with Crippen LogP contribution in [0.1, 0.15) is 33.7 Å². The Morgan fingerprint density at radius 2 is 1.46 bits per heavy atom. The van der Waals surface area contributed by atoms with Crippen LogP contribution < -0.4 is 5.43 Å². The van der Waals surface area contributed by atoms with Gasteiger partial charge in [0, 0.05) is 0 Å². The zero-order chi connectivity index (χ0) is 18.4. The van der Waals surface area contributed by atoms with Crippen molar-refractivity contribution in [3.8, 4) is 0 Å². The van der Waals surface area contributed by atoms with Crippen LogP contribution in [-0.4, -0.2) is 12.1 Å². The molecule has 0 bridgehead atoms. The maximum Gasteiger partial charge on any atom is 0.252 e. The Bertz CT molecular complexity index is 863. The fourth-order valence-corrected chi connectivity index (χ4v) is 2.99. The smallest absolute Gasteiger partial charge is 0.252 e. The van der Waals surface area contributed by atoms with Gasteiger partial charge in [-0.15, -0.1) is 0 Å². The van der Waals surface area contributed by atoms with E-state index in [4.69, 9.17) is 0 Å². The maximum absolute atomic E-state index is 12.8. The highest BCUT2D eigenvalue weighted by Crippen LogP contribution is 2.24. The first-order chi connectivity index (χ1) is 12.6. The van der Waals surface area contributed by atoms with Gasteiger partial charge in [0.15, 0.2) is 0 Å². The number of carbonyl (C=O) groups is 1. The molecule has 1 N–H and O–H groups in total. The lowest BCUT2D eigenvalue weighted by Crippen LogP contribution is -2.26. The Balaban J connectivity index is 1.81. The van der Waals surface area contributed by atoms with E-state index >= 15 is 0 Å². The molecule has 0 spiro atoms. The fraction of sp³-hybridized carbons (Fsp3) is 0.130. The number of nitrogens with zero attached hydrogens (tertiary/aromatic N) is 1. The van der Waals surface area contributed by atoms with Gasteiger partial charge >= 0.3 is 0 Å². The van der Waals surface area contributed by atoms with E-state index < -0.39 is 5.92 Å². The summed E-state index contributed by atoms with van der Waals surface area (Å²) in [6.45, 7) is 4.09. The first kappa shape index (κ1) is 17.6. The highest BCUT2D eigenvalue weighted by Gasteiger charge is 2.22. The minimum Gasteiger partial charge on any atom is -0.272 e. The van der Waals surface area contributed by atoms with Crippen LogP contribution in [-0.2, 0) is 4.79 Å². The van der Waals surface area contributed by atoms with Crippen LogP contribution in [0.3, 0.4) is 0 Å². The molecule has 0 aliphatic carbocycles. The van der Waals surface area contributed by atoms with Gasteiger partial charge in [-0.05, 0) is 36.1 Å². The van der Waals surface area contributed by atoms with Crippen molar-refractivity contribution < 1.29 is 4.79 Å². The van der Waals surface area contributed by atoms with Gasteiger partial charge in [0.1, 0.15) is 0 Å². The topological polar surface area (TPSA) is 41.5 Å². The monoisotopic (exact) mass is 342 g/mol. The Morgan fingerprint density at radius 3 is 2.00 bits per heavy atom. The molecule has 0 unspecified atom stereocenters. The van der Waals surface area contributed by atoms with Crippen LogP contribution in [0.15, 0.2) is 84.0 Å². The first-order valence-electron chi connectivity index (χ1n) is 8.65. The molecule has 3 heteroatoms. The Labute approximate surface area is 154 Å². The van der Waals surface area contributed by atoms with Gasteiger partial charge in [-0.2, -0.15) is 5.10 Å². The zero-order valence-electron chi connectivity index (χ0n) is 15.0. The molecule has 130 valence electrons. The van der Waals surface area contributed by atoms with E-state index in [9.17, 15) is 4.79 Å². The normalized spacial score (nSPS) is 11.0. The van der Waals surface area contributed by atoms with E-state index in [2.05, 4.69) is 23.5 Å². The summed E-state index contributed by atoms with van der Waals surface area (Å²) in [6.07, 6.45) is 1.69. The third-order valence-corrected chi connectivity index (χ3v) is 4.33. The standard InChI is InChI=1S/C23H22N2O/c1-17-13-14-21(18(2)15-17)16-24-25-23(26)22(19-9-5-3-6-10-19)20-11-7-4-8-12-20/h3-16,22H,1-2H3,(H,25,26). The van der Waals surface area contributed by atoms with E-state index in [1.807, 2.05) is 79.7 Å². The third kappa shape index (κ3) is 4.25. The number of rotatable bonds is 5. The van der Waals surface area contributed by atoms with Crippen molar-refractivity contribution in [3.05, 3.63) is 107 Å². The molecule has 3 aromatic rings. The quantitative estimate of drug-likeness (QED) is 0.535. The second kappa shape index (κ2) is 8.26. The van der Waals surface area contributed by atoms with E-state index in [1.165, 1.54) is 5.56 Å². The van der Waals surface area contributed by atoms with Gasteiger partial charge < -0.3 is 0 Å². The highest BCUT2D eigenvalue weighted by atomic mass is 16.2. The summed E-state index contributed by atoms with van der Waals surface area (Å²) < 4.78 is 0. The molecule has 0 radical (unpaired) electrons. The molecule has 0 aromatic heterocycles. The molecule has 0 aliphatic rings. The van der Waals surface area contributed by atoms with E-state index in [1.54, 1.807) is 6.21 Å². The van der Waals surface area contributed by atoms with Crippen LogP contribution in [0.25, 0.3) is 0 Å². The number of hydrogen-bond acceptors (Lipinski definition) is 2. The molecule has 3 aromatic carbocycles. The fourth-order valence-electron chi connectivity index (χ4n) is 2.99. The minimum atomic E-state index is -0.395. The molecule has 1 amide bonds. The average molecular weight is 342 g/mol. The number of benzene rings is 3. The number of nitrogens with one attached hydrogen (secondary N) is 1. The molecule has 3 nitrogen and oxygen atoms in total. The number of carbonyl (C=O) groups excluding carboxylic acids is 1. The average Bonchev–Trinajstić information content (AvgIpc) is 2.65. The summed E-state index contributed by atoms with van der Waals surface area (Å²) >= 11 is 0. The van der Waals surface area contributed by atoms with Gasteiger partial charge in [-0.3, -0.25) is 4.79 Å². The predicted molar refractivity (Wildman–Crippen MR) is 106 cm³/mol. The van der Waals surface area contributed by atoms with Gasteiger partial charge in [-0.1, -0.05) is 84.4 Å². The van der Waals surface area contributed by atoms with Crippen LogP contribution in [0, 0.1) is 13.8 Å². The maximum atomic E-state index is 12.8. The second-order valence-corrected chi connectivity index (χ2v) is 6.35. The minimum absolute atomic E-state index is 0.150. The molecule has 3 rings (SSSR count). The summed E-state index contributed by atoms with van der Waals surface area (Å²) in [5.74, 6) is -0.544. The molecule has 0 heterocycles. The lowest BCUT2D eigenvalue weighted by Gasteiger charge is -2.16. The van der Waals surface area contributed by atoms with Crippen molar-refractivity contribution in [2.75, 3.05) is 0 Å². The molecule has 0 saturated carbocycles. The third-order valence-electron chi connectivity index (χ3n) is 4.33. The lowest BCUT2D eigenvalue weighted by molar-refractivity contribution is -0.121. The van der Waals surface area contributed by atoms with Crippen LogP contribution in [0.2, 0.25) is 0 Å². The number of amides is 1. The first-order valence-corrected chi connectivity index (χ1v) is 8.65. The Morgan fingerprint density at radius 1 is 0.885 bits per heavy atom. The van der Waals surface area contributed by atoms with Gasteiger partial charge in [-0.25, -0.2) is 5.43 Å². The summed E-state index contributed by atoms with van der Waals surface area (Å²) in [5, 5.41) is 4.18. The molecule has 0 atom stereocenters. The van der Waals surface area contributed by atoms with Gasteiger partial charge in [0.25, 0.3) is 5.91 Å². The van der Waals surface area contributed by atoms with E-state index in [-0.39, 0.29) is 5.91 Å². The Kier molecular flexibility index (Phi) is 5.59. The van der Waals surface area contributed by atoms with Crippen molar-refractivity contribution >= 4 is 12.1 Å². The van der Waals surface area contributed by atoms with Gasteiger partial charge in [0.2, 0.25) is 0 Å². The zero-order valence-corrected chi connectivity index (χ0v) is 15.0. The van der Waals surface area contributed by atoms with Crippen molar-refractivity contribution in [2.45, 2.75) is 19.8 Å². The number of hydrogen-bond donors (Lipinski definition) is 1. The van der Waals surface area contributed by atoms with Crippen LogP contribution in [0.5, 0.6) is 0 Å². The molecule has 0 aliphatic heterocycles. The van der Waals surface area contributed by atoms with Crippen molar-refractivity contribution in [2.24, 2.45) is 5.10 Å². The number of hydrazone groups is 1. The number of aryl methyl sites for hydroxylation is 2. The summed E-state index contributed by atoms with van der Waals surface area (Å²) in [7, 11) is 0. The van der Waals surface area contributed by atoms with Crippen molar-refractivity contribution in [1.29, 1.82) is 0 Å². The molecule has 0 fully saturated rings. The largest absolute Gasteiger partial charge is 0.272 e. The predicted octanol–water partition coefficient (Wildman–Crippen LogP) is 4.59. The second-order valence-electron chi connectivity index (χ2n) is 6.35. The lowest BCUT2D eigenvalue weighted by atomic mass is 9.91. The van der Waals surface area contributed by atoms with Crippen LogP contribution >= 0.6 is 0 Å². The van der Waals surface area contributed by atoms with E-state index in [0.29, 0.717) is 0 Å². The molecular formula is C23H22N2O. The highest BCUT2D eigenvalue weighted by molar-refractivity contribution is 5.89. The molecular weight excluding hydrogens is 320 g/mol. The molecule has 26 heavy (non-hydrogen) atoms. The SMILES string of the molecule is Cc1ccc(C=NNC(=O)C(c2ccccc2)c2ccccc2)c(C)c1. The van der Waals surface area contributed by atoms with Crippen LogP contribution in [0.4, 0.5) is 0 Å². The van der Waals surface area contributed by atoms with E-state index in [0.717, 1.165) is 22.3 Å². The Hall–Kier alpha value is -3.20. The summed E-state index contributed by atoms with van der Waals surface area (Å²) in [4.78, 5) is 12.8. The van der Waals surface area contributed by atoms with Gasteiger partial charge in [0.05, 0.1) is 12.1 Å². The summed E-state index contributed by atoms with van der Waals surface area (Å²) in [5.41, 5.74) is 7.91. The van der Waals surface area contributed by atoms with Crippen molar-refractivity contribution in [1.82, 2.24) is 5.43 Å². The molecule has 0 saturated heterocycles. The van der Waals surface area contributed by atoms with Crippen molar-refractivity contribution in [3.63, 3.8) is 0 Å².